The Hall–Kier alpha value is -2.30. The molecule has 2 unspecified atom stereocenters. The number of rotatable bonds is 4. The van der Waals surface area contributed by atoms with E-state index in [1.807, 2.05) is 18.2 Å². The Bertz CT molecular complexity index is 946. The molecule has 1 saturated carbocycles. The van der Waals surface area contributed by atoms with Gasteiger partial charge in [-0.2, -0.15) is 5.10 Å². The Morgan fingerprint density at radius 2 is 1.52 bits per heavy atom. The molecule has 1 aromatic heterocycles. The van der Waals surface area contributed by atoms with Crippen LogP contribution >= 0.6 is 11.6 Å². The third-order valence-electron chi connectivity index (χ3n) is 6.45. The minimum absolute atomic E-state index is 0.513. The lowest BCUT2D eigenvalue weighted by molar-refractivity contribution is 0.183. The average molecular weight is 407 g/mol. The van der Waals surface area contributed by atoms with Crippen LogP contribution in [0.4, 0.5) is 5.69 Å². The predicted molar refractivity (Wildman–Crippen MR) is 120 cm³/mol. The van der Waals surface area contributed by atoms with Gasteiger partial charge in [-0.1, -0.05) is 54.1 Å². The molecule has 0 bridgehead atoms. The van der Waals surface area contributed by atoms with E-state index in [4.69, 9.17) is 16.7 Å². The molecule has 29 heavy (non-hydrogen) atoms. The minimum Gasteiger partial charge on any atom is -0.368 e. The van der Waals surface area contributed by atoms with Gasteiger partial charge in [0.05, 0.1) is 22.4 Å². The van der Waals surface area contributed by atoms with Gasteiger partial charge in [0.1, 0.15) is 0 Å². The van der Waals surface area contributed by atoms with Gasteiger partial charge in [-0.05, 0) is 37.5 Å². The molecule has 5 heteroatoms. The molecule has 2 aliphatic rings. The van der Waals surface area contributed by atoms with Crippen molar-refractivity contribution in [3.05, 3.63) is 71.9 Å². The van der Waals surface area contributed by atoms with Gasteiger partial charge >= 0.3 is 0 Å². The van der Waals surface area contributed by atoms with E-state index < -0.39 is 0 Å². The highest BCUT2D eigenvalue weighted by Crippen LogP contribution is 2.34. The maximum atomic E-state index is 6.39. The van der Waals surface area contributed by atoms with Gasteiger partial charge in [0, 0.05) is 44.0 Å². The van der Waals surface area contributed by atoms with Gasteiger partial charge in [-0.25, -0.2) is 0 Å². The van der Waals surface area contributed by atoms with E-state index in [-0.39, 0.29) is 0 Å². The summed E-state index contributed by atoms with van der Waals surface area (Å²) in [7, 11) is 0. The van der Waals surface area contributed by atoms with Crippen molar-refractivity contribution >= 4 is 17.3 Å². The standard InChI is InChI=1S/C24H27ClN4/c25-22-8-4-5-9-24(22)28-16-14-27(15-17-28)20-10-11-21(18-20)29-13-12-23(26-29)19-6-2-1-3-7-19/h1-9,12-13,20-21H,10-11,14-18H2. The van der Waals surface area contributed by atoms with Crippen LogP contribution in [0.25, 0.3) is 11.3 Å². The number of anilines is 1. The van der Waals surface area contributed by atoms with Crippen LogP contribution in [0.1, 0.15) is 25.3 Å². The molecule has 150 valence electrons. The summed E-state index contributed by atoms with van der Waals surface area (Å²) in [5.41, 5.74) is 3.43. The van der Waals surface area contributed by atoms with Crippen molar-refractivity contribution in [1.82, 2.24) is 14.7 Å². The third kappa shape index (κ3) is 3.92. The van der Waals surface area contributed by atoms with Gasteiger partial charge in [-0.3, -0.25) is 9.58 Å². The minimum atomic E-state index is 0.513. The summed E-state index contributed by atoms with van der Waals surface area (Å²) in [6.45, 7) is 4.31. The number of halogens is 1. The fourth-order valence-electron chi connectivity index (χ4n) is 4.85. The summed E-state index contributed by atoms with van der Waals surface area (Å²) >= 11 is 6.39. The summed E-state index contributed by atoms with van der Waals surface area (Å²) in [6.07, 6.45) is 5.83. The maximum Gasteiger partial charge on any atom is 0.0923 e. The van der Waals surface area contributed by atoms with E-state index in [1.54, 1.807) is 0 Å². The fourth-order valence-corrected chi connectivity index (χ4v) is 5.10. The lowest BCUT2D eigenvalue weighted by Crippen LogP contribution is -2.49. The first-order valence-electron chi connectivity index (χ1n) is 10.6. The van der Waals surface area contributed by atoms with E-state index >= 15 is 0 Å². The van der Waals surface area contributed by atoms with Crippen LogP contribution in [-0.4, -0.2) is 46.9 Å². The second-order valence-electron chi connectivity index (χ2n) is 8.14. The molecular weight excluding hydrogens is 380 g/mol. The zero-order chi connectivity index (χ0) is 19.6. The van der Waals surface area contributed by atoms with Gasteiger partial charge in [0.2, 0.25) is 0 Å². The maximum absolute atomic E-state index is 6.39. The van der Waals surface area contributed by atoms with Gasteiger partial charge < -0.3 is 4.90 Å². The van der Waals surface area contributed by atoms with Crippen molar-refractivity contribution < 1.29 is 0 Å². The Kier molecular flexibility index (Phi) is 5.30. The molecule has 2 aromatic carbocycles. The first kappa shape index (κ1) is 18.7. The first-order valence-corrected chi connectivity index (χ1v) is 11.0. The summed E-state index contributed by atoms with van der Waals surface area (Å²) in [5, 5.41) is 5.74. The largest absolute Gasteiger partial charge is 0.368 e. The molecule has 1 aliphatic carbocycles. The molecule has 2 fully saturated rings. The van der Waals surface area contributed by atoms with E-state index in [0.29, 0.717) is 12.1 Å². The summed E-state index contributed by atoms with van der Waals surface area (Å²) in [4.78, 5) is 5.10. The Morgan fingerprint density at radius 3 is 2.31 bits per heavy atom. The lowest BCUT2D eigenvalue weighted by atomic mass is 10.1. The van der Waals surface area contributed by atoms with Gasteiger partial charge in [0.15, 0.2) is 0 Å². The third-order valence-corrected chi connectivity index (χ3v) is 6.77. The number of piperazine rings is 1. The fraction of sp³-hybridized carbons (Fsp3) is 0.375. The normalized spacial score (nSPS) is 22.9. The monoisotopic (exact) mass is 406 g/mol. The van der Waals surface area contributed by atoms with Crippen molar-refractivity contribution in [2.75, 3.05) is 31.1 Å². The van der Waals surface area contributed by atoms with Crippen LogP contribution in [0.15, 0.2) is 66.9 Å². The first-order chi connectivity index (χ1) is 14.3. The van der Waals surface area contributed by atoms with Gasteiger partial charge in [-0.15, -0.1) is 0 Å². The quantitative estimate of drug-likeness (QED) is 0.601. The van der Waals surface area contributed by atoms with Crippen molar-refractivity contribution in [3.8, 4) is 11.3 Å². The molecule has 1 saturated heterocycles. The van der Waals surface area contributed by atoms with Crippen LogP contribution < -0.4 is 4.90 Å². The Morgan fingerprint density at radius 1 is 0.793 bits per heavy atom. The van der Waals surface area contributed by atoms with Crippen LogP contribution in [0.2, 0.25) is 5.02 Å². The molecule has 4 nitrogen and oxygen atoms in total. The number of nitrogens with zero attached hydrogens (tertiary/aromatic N) is 4. The van der Waals surface area contributed by atoms with Crippen molar-refractivity contribution in [2.45, 2.75) is 31.3 Å². The van der Waals surface area contributed by atoms with E-state index in [1.165, 1.54) is 30.5 Å². The topological polar surface area (TPSA) is 24.3 Å². The molecule has 2 heterocycles. The highest BCUT2D eigenvalue weighted by molar-refractivity contribution is 6.33. The molecule has 0 amide bonds. The number of benzene rings is 2. The highest BCUT2D eigenvalue weighted by Gasteiger charge is 2.32. The van der Waals surface area contributed by atoms with Crippen LogP contribution in [0.5, 0.6) is 0 Å². The van der Waals surface area contributed by atoms with E-state index in [9.17, 15) is 0 Å². The van der Waals surface area contributed by atoms with E-state index in [0.717, 1.165) is 36.9 Å². The number of aromatic nitrogens is 2. The summed E-state index contributed by atoms with van der Waals surface area (Å²) < 4.78 is 2.20. The van der Waals surface area contributed by atoms with Crippen molar-refractivity contribution in [3.63, 3.8) is 0 Å². The predicted octanol–water partition coefficient (Wildman–Crippen LogP) is 5.12. The number of hydrogen-bond donors (Lipinski definition) is 0. The average Bonchev–Trinajstić information content (AvgIpc) is 3.45. The summed E-state index contributed by atoms with van der Waals surface area (Å²) in [6, 6.07) is 22.0. The Labute approximate surface area is 177 Å². The molecule has 0 radical (unpaired) electrons. The lowest BCUT2D eigenvalue weighted by Gasteiger charge is -2.39. The van der Waals surface area contributed by atoms with E-state index in [2.05, 4.69) is 63.1 Å². The van der Waals surface area contributed by atoms with Crippen LogP contribution in [0, 0.1) is 0 Å². The Balaban J connectivity index is 1.19. The molecule has 2 atom stereocenters. The van der Waals surface area contributed by atoms with Crippen LogP contribution in [-0.2, 0) is 0 Å². The molecule has 0 spiro atoms. The second kappa shape index (κ2) is 8.21. The SMILES string of the molecule is Clc1ccccc1N1CCN(C2CCC(n3ccc(-c4ccccc4)n3)C2)CC1. The second-order valence-corrected chi connectivity index (χ2v) is 8.55. The van der Waals surface area contributed by atoms with Crippen molar-refractivity contribution in [1.29, 1.82) is 0 Å². The molecule has 3 aromatic rings. The summed E-state index contributed by atoms with van der Waals surface area (Å²) in [5.74, 6) is 0. The molecule has 0 N–H and O–H groups in total. The highest BCUT2D eigenvalue weighted by atomic mass is 35.5. The zero-order valence-electron chi connectivity index (χ0n) is 16.6. The van der Waals surface area contributed by atoms with Gasteiger partial charge in [0.25, 0.3) is 0 Å². The van der Waals surface area contributed by atoms with Crippen molar-refractivity contribution in [2.24, 2.45) is 0 Å². The zero-order valence-corrected chi connectivity index (χ0v) is 17.4. The smallest absolute Gasteiger partial charge is 0.0923 e. The number of hydrogen-bond acceptors (Lipinski definition) is 3. The molecular formula is C24H27ClN4. The molecule has 1 aliphatic heterocycles. The van der Waals surface area contributed by atoms with Crippen LogP contribution in [0.3, 0.4) is 0 Å². The molecule has 5 rings (SSSR count). The number of para-hydroxylation sites is 1.